The number of carbonyl (C=O) groups is 1. The summed E-state index contributed by atoms with van der Waals surface area (Å²) in [6.45, 7) is 3.40. The number of hydrogen-bond donors (Lipinski definition) is 0. The molecule has 0 amide bonds. The zero-order valence-corrected chi connectivity index (χ0v) is 18.7. The molecule has 3 aromatic rings. The molecule has 180 valence electrons. The summed E-state index contributed by atoms with van der Waals surface area (Å²) in [7, 11) is -4.73. The van der Waals surface area contributed by atoms with Crippen molar-refractivity contribution in [1.29, 1.82) is 0 Å². The van der Waals surface area contributed by atoms with Crippen molar-refractivity contribution in [2.75, 3.05) is 19.0 Å². The number of fused-ring (bicyclic) bond motifs is 1. The molecule has 0 aliphatic heterocycles. The van der Waals surface area contributed by atoms with Crippen LogP contribution in [0.1, 0.15) is 11.5 Å². The van der Waals surface area contributed by atoms with Crippen molar-refractivity contribution in [2.45, 2.75) is 0 Å². The molecule has 1 heterocycles. The molecule has 33 heavy (non-hydrogen) atoms. The number of benzene rings is 2. The van der Waals surface area contributed by atoms with E-state index in [0.717, 1.165) is 22.8 Å². The minimum atomic E-state index is -10.7. The number of ether oxygens (including phenoxy) is 1. The summed E-state index contributed by atoms with van der Waals surface area (Å²) in [5.41, 5.74) is 3.78. The van der Waals surface area contributed by atoms with Gasteiger partial charge in [0.2, 0.25) is 5.58 Å². The van der Waals surface area contributed by atoms with Gasteiger partial charge >= 0.3 is 44.8 Å². The standard InChI is InChI=1S/C21H21N2O3.F6P/c1-5-21(24)25-17-11-12-19-18(14-17)23(4)20(26-19)13-8-15-6-9-16(10-7-15)22(2)3;1-7(2,3,4,5)6/h5-14H,1H2,2-4H3;/q+1;-1. The molecule has 0 N–H and O–H groups in total. The summed E-state index contributed by atoms with van der Waals surface area (Å²) in [5, 5.41) is 0. The van der Waals surface area contributed by atoms with Gasteiger partial charge in [0.05, 0.1) is 12.1 Å². The zero-order chi connectivity index (χ0) is 25.1. The molecule has 0 radical (unpaired) electrons. The fraction of sp³-hybridized carbons (Fsp3) is 0.143. The predicted octanol–water partition coefficient (Wildman–Crippen LogP) is 6.97. The fourth-order valence-electron chi connectivity index (χ4n) is 2.56. The van der Waals surface area contributed by atoms with Crippen molar-refractivity contribution in [2.24, 2.45) is 7.05 Å². The third kappa shape index (κ3) is 9.36. The predicted molar refractivity (Wildman–Crippen MR) is 116 cm³/mol. The van der Waals surface area contributed by atoms with Crippen molar-refractivity contribution < 1.29 is 43.7 Å². The Labute approximate surface area is 185 Å². The van der Waals surface area contributed by atoms with E-state index in [4.69, 9.17) is 9.15 Å². The van der Waals surface area contributed by atoms with E-state index < -0.39 is 13.8 Å². The molecule has 2 aromatic carbocycles. The first kappa shape index (κ1) is 25.9. The number of hydrogen-bond acceptors (Lipinski definition) is 4. The molecule has 0 bridgehead atoms. The van der Waals surface area contributed by atoms with Gasteiger partial charge in [-0.2, -0.15) is 4.57 Å². The first-order valence-electron chi connectivity index (χ1n) is 9.21. The number of esters is 1. The number of anilines is 1. The summed E-state index contributed by atoms with van der Waals surface area (Å²) in [6, 6.07) is 13.5. The monoisotopic (exact) mass is 494 g/mol. The van der Waals surface area contributed by atoms with Crippen LogP contribution in [-0.4, -0.2) is 20.1 Å². The molecule has 3 rings (SSSR count). The normalized spacial score (nSPS) is 13.6. The van der Waals surface area contributed by atoms with Crippen molar-refractivity contribution in [3.05, 3.63) is 66.6 Å². The summed E-state index contributed by atoms with van der Waals surface area (Å²) in [6.07, 6.45) is 5.05. The second-order valence-electron chi connectivity index (χ2n) is 7.03. The molecule has 1 aromatic heterocycles. The SMILES string of the molecule is C=CC(=O)Oc1ccc2oc(C=Cc3ccc(N(C)C)cc3)[n+](C)c2c1.F[P-](F)(F)(F)(F)F. The topological polar surface area (TPSA) is 46.6 Å². The Morgan fingerprint density at radius 3 is 2.12 bits per heavy atom. The van der Waals surface area contributed by atoms with Crippen molar-refractivity contribution in [3.63, 3.8) is 0 Å². The number of aromatic nitrogens is 1. The molecule has 0 unspecified atom stereocenters. The number of oxazole rings is 1. The minimum absolute atomic E-state index is 0.452. The summed E-state index contributed by atoms with van der Waals surface area (Å²) < 4.78 is 72.1. The van der Waals surface area contributed by atoms with Crippen LogP contribution in [0.4, 0.5) is 30.9 Å². The fourth-order valence-corrected chi connectivity index (χ4v) is 2.56. The van der Waals surface area contributed by atoms with E-state index in [1.165, 1.54) is 0 Å². The van der Waals surface area contributed by atoms with Crippen LogP contribution in [0.3, 0.4) is 0 Å². The van der Waals surface area contributed by atoms with Crippen LogP contribution in [0.2, 0.25) is 0 Å². The first-order valence-corrected chi connectivity index (χ1v) is 11.2. The maximum absolute atomic E-state index is 11.3. The van der Waals surface area contributed by atoms with E-state index >= 15 is 0 Å². The van der Waals surface area contributed by atoms with Crippen molar-refractivity contribution >= 4 is 42.7 Å². The number of halogens is 6. The van der Waals surface area contributed by atoms with Gasteiger partial charge < -0.3 is 14.1 Å². The molecule has 0 fully saturated rings. The van der Waals surface area contributed by atoms with E-state index in [-0.39, 0.29) is 0 Å². The molecular formula is C21H21F6N2O3P. The van der Waals surface area contributed by atoms with Crippen LogP contribution < -0.4 is 14.2 Å². The average molecular weight is 494 g/mol. The maximum atomic E-state index is 11.3. The third-order valence-electron chi connectivity index (χ3n) is 4.05. The Balaban J connectivity index is 0.000000479. The summed E-state index contributed by atoms with van der Waals surface area (Å²) >= 11 is 0. The van der Waals surface area contributed by atoms with Crippen LogP contribution in [0.5, 0.6) is 5.75 Å². The Morgan fingerprint density at radius 2 is 1.61 bits per heavy atom. The Morgan fingerprint density at radius 1 is 1.03 bits per heavy atom. The van der Waals surface area contributed by atoms with Gasteiger partial charge in [0.15, 0.2) is 0 Å². The first-order chi connectivity index (χ1) is 14.9. The van der Waals surface area contributed by atoms with Crippen LogP contribution in [0.15, 0.2) is 59.5 Å². The van der Waals surface area contributed by atoms with E-state index in [9.17, 15) is 30.0 Å². The van der Waals surface area contributed by atoms with Gasteiger partial charge in [-0.3, -0.25) is 0 Å². The molecule has 0 aliphatic carbocycles. The Hall–Kier alpha value is -3.33. The molecular weight excluding hydrogens is 473 g/mol. The molecule has 0 saturated heterocycles. The van der Waals surface area contributed by atoms with E-state index in [0.29, 0.717) is 17.2 Å². The molecule has 5 nitrogen and oxygen atoms in total. The van der Waals surface area contributed by atoms with Gasteiger partial charge in [0.25, 0.3) is 5.52 Å². The van der Waals surface area contributed by atoms with E-state index in [2.05, 4.69) is 35.7 Å². The number of rotatable bonds is 5. The molecule has 0 spiro atoms. The van der Waals surface area contributed by atoms with Crippen LogP contribution in [-0.2, 0) is 11.8 Å². The van der Waals surface area contributed by atoms with Crippen LogP contribution in [0.25, 0.3) is 23.3 Å². The van der Waals surface area contributed by atoms with Crippen LogP contribution >= 0.6 is 7.81 Å². The molecule has 0 saturated carbocycles. The number of nitrogens with zero attached hydrogens (tertiary/aromatic N) is 2. The third-order valence-corrected chi connectivity index (χ3v) is 4.05. The Kier molecular flexibility index (Phi) is 6.72. The van der Waals surface area contributed by atoms with Gasteiger partial charge in [-0.05, 0) is 35.9 Å². The van der Waals surface area contributed by atoms with E-state index in [1.807, 2.05) is 37.9 Å². The zero-order valence-electron chi connectivity index (χ0n) is 17.8. The summed E-state index contributed by atoms with van der Waals surface area (Å²) in [5.74, 6) is 0.661. The molecule has 12 heteroatoms. The average Bonchev–Trinajstić information content (AvgIpc) is 2.99. The second kappa shape index (κ2) is 8.55. The van der Waals surface area contributed by atoms with Gasteiger partial charge in [-0.15, -0.1) is 0 Å². The van der Waals surface area contributed by atoms with Gasteiger partial charge in [0.1, 0.15) is 12.8 Å². The van der Waals surface area contributed by atoms with Crippen molar-refractivity contribution in [1.82, 2.24) is 0 Å². The Bertz CT molecular complexity index is 1190. The van der Waals surface area contributed by atoms with E-state index in [1.54, 1.807) is 18.2 Å². The number of aryl methyl sites for hydroxylation is 1. The van der Waals surface area contributed by atoms with Gasteiger partial charge in [-0.25, -0.2) is 4.79 Å². The van der Waals surface area contributed by atoms with Crippen molar-refractivity contribution in [3.8, 4) is 5.75 Å². The molecule has 0 aliphatic rings. The number of carbonyl (C=O) groups excluding carboxylic acids is 1. The van der Waals surface area contributed by atoms with Crippen LogP contribution in [0, 0.1) is 0 Å². The van der Waals surface area contributed by atoms with Gasteiger partial charge in [-0.1, -0.05) is 18.7 Å². The van der Waals surface area contributed by atoms with Gasteiger partial charge in [0, 0.05) is 25.9 Å². The second-order valence-corrected chi connectivity index (χ2v) is 8.95. The summed E-state index contributed by atoms with van der Waals surface area (Å²) in [4.78, 5) is 13.4. The quantitative estimate of drug-likeness (QED) is 0.0960. The molecule has 0 atom stereocenters.